The first-order valence-corrected chi connectivity index (χ1v) is 9.16. The molecule has 0 radical (unpaired) electrons. The van der Waals surface area contributed by atoms with Crippen molar-refractivity contribution in [3.05, 3.63) is 65.7 Å². The van der Waals surface area contributed by atoms with E-state index in [1.807, 2.05) is 54.6 Å². The van der Waals surface area contributed by atoms with E-state index >= 15 is 0 Å². The number of nitrogen functional groups attached to an aromatic ring is 1. The number of aromatic nitrogens is 4. The molecule has 7 nitrogen and oxygen atoms in total. The minimum absolute atomic E-state index is 0.0422. The SMILES string of the molecule is CC(CNc1ccc(-c2ccc3[nH]nc(N)c3c2)nn1)c1ccccc1CO. The number of hydrogen-bond donors (Lipinski definition) is 4. The zero-order chi connectivity index (χ0) is 19.5. The fourth-order valence-electron chi connectivity index (χ4n) is 3.30. The van der Waals surface area contributed by atoms with Crippen LogP contribution in [-0.2, 0) is 6.61 Å². The maximum absolute atomic E-state index is 9.50. The Morgan fingerprint density at radius 3 is 2.75 bits per heavy atom. The van der Waals surface area contributed by atoms with Crippen LogP contribution >= 0.6 is 0 Å². The molecule has 28 heavy (non-hydrogen) atoms. The first kappa shape index (κ1) is 17.9. The van der Waals surface area contributed by atoms with Crippen LogP contribution in [0.15, 0.2) is 54.6 Å². The molecule has 1 atom stereocenters. The van der Waals surface area contributed by atoms with E-state index in [1.165, 1.54) is 0 Å². The average molecular weight is 374 g/mol. The molecule has 0 aliphatic rings. The lowest BCUT2D eigenvalue weighted by Crippen LogP contribution is -2.12. The topological polar surface area (TPSA) is 113 Å². The smallest absolute Gasteiger partial charge is 0.153 e. The second-order valence-corrected chi connectivity index (χ2v) is 6.81. The summed E-state index contributed by atoms with van der Waals surface area (Å²) in [5.74, 6) is 1.41. The maximum atomic E-state index is 9.50. The molecule has 7 heteroatoms. The number of fused-ring (bicyclic) bond motifs is 1. The maximum Gasteiger partial charge on any atom is 0.153 e. The Balaban J connectivity index is 1.46. The predicted molar refractivity (Wildman–Crippen MR) is 111 cm³/mol. The molecule has 0 bridgehead atoms. The van der Waals surface area contributed by atoms with Crippen LogP contribution in [0.5, 0.6) is 0 Å². The van der Waals surface area contributed by atoms with E-state index in [-0.39, 0.29) is 12.5 Å². The Morgan fingerprint density at radius 2 is 1.96 bits per heavy atom. The van der Waals surface area contributed by atoms with Gasteiger partial charge in [0, 0.05) is 17.5 Å². The van der Waals surface area contributed by atoms with Crippen molar-refractivity contribution in [3.8, 4) is 11.3 Å². The van der Waals surface area contributed by atoms with Crippen LogP contribution < -0.4 is 11.1 Å². The summed E-state index contributed by atoms with van der Waals surface area (Å²) in [5.41, 5.74) is 10.6. The molecule has 4 rings (SSSR count). The number of H-pyrrole nitrogens is 1. The summed E-state index contributed by atoms with van der Waals surface area (Å²) in [6.45, 7) is 2.86. The number of nitrogens with zero attached hydrogens (tertiary/aromatic N) is 3. The largest absolute Gasteiger partial charge is 0.392 e. The number of aromatic amines is 1. The molecule has 2 heterocycles. The van der Waals surface area contributed by atoms with Crippen LogP contribution in [0.3, 0.4) is 0 Å². The molecule has 0 amide bonds. The van der Waals surface area contributed by atoms with E-state index in [0.717, 1.165) is 33.3 Å². The van der Waals surface area contributed by atoms with Crippen LogP contribution in [0.2, 0.25) is 0 Å². The molecule has 0 saturated carbocycles. The highest BCUT2D eigenvalue weighted by Crippen LogP contribution is 2.25. The fourth-order valence-corrected chi connectivity index (χ4v) is 3.30. The minimum Gasteiger partial charge on any atom is -0.392 e. The predicted octanol–water partition coefficient (Wildman–Crippen LogP) is 3.31. The molecule has 1 unspecified atom stereocenters. The average Bonchev–Trinajstić information content (AvgIpc) is 3.12. The van der Waals surface area contributed by atoms with E-state index in [9.17, 15) is 5.11 Å². The van der Waals surface area contributed by atoms with Gasteiger partial charge >= 0.3 is 0 Å². The summed E-state index contributed by atoms with van der Waals surface area (Å²) in [7, 11) is 0. The zero-order valence-electron chi connectivity index (χ0n) is 15.6. The number of aliphatic hydroxyl groups is 1. The number of benzene rings is 2. The van der Waals surface area contributed by atoms with Gasteiger partial charge in [-0.2, -0.15) is 5.10 Å². The second-order valence-electron chi connectivity index (χ2n) is 6.81. The number of hydrogen-bond acceptors (Lipinski definition) is 6. The van der Waals surface area contributed by atoms with Gasteiger partial charge in [0.2, 0.25) is 0 Å². The van der Waals surface area contributed by atoms with E-state index in [1.54, 1.807) is 0 Å². The molecule has 0 saturated heterocycles. The van der Waals surface area contributed by atoms with E-state index < -0.39 is 0 Å². The molecule has 2 aromatic carbocycles. The number of rotatable bonds is 6. The van der Waals surface area contributed by atoms with Gasteiger partial charge in [-0.25, -0.2) is 0 Å². The third kappa shape index (κ3) is 3.52. The highest BCUT2D eigenvalue weighted by Gasteiger charge is 2.11. The van der Waals surface area contributed by atoms with Gasteiger partial charge < -0.3 is 16.2 Å². The number of nitrogens with one attached hydrogen (secondary N) is 2. The molecule has 0 spiro atoms. The Morgan fingerprint density at radius 1 is 1.11 bits per heavy atom. The first-order valence-electron chi connectivity index (χ1n) is 9.16. The molecule has 0 fully saturated rings. The van der Waals surface area contributed by atoms with E-state index in [4.69, 9.17) is 5.73 Å². The standard InChI is InChI=1S/C21H22N6O/c1-13(16-5-3-2-4-15(16)12-28)11-23-20-9-8-18(24-26-20)14-6-7-19-17(10-14)21(22)27-25-19/h2-10,13,28H,11-12H2,1H3,(H,23,26)(H3,22,25,27). The van der Waals surface area contributed by atoms with Gasteiger partial charge in [0.25, 0.3) is 0 Å². The highest BCUT2D eigenvalue weighted by molar-refractivity contribution is 5.91. The summed E-state index contributed by atoms with van der Waals surface area (Å²) in [4.78, 5) is 0. The van der Waals surface area contributed by atoms with Crippen molar-refractivity contribution in [1.82, 2.24) is 20.4 Å². The molecule has 142 valence electrons. The zero-order valence-corrected chi connectivity index (χ0v) is 15.6. The molecule has 2 aromatic heterocycles. The Hall–Kier alpha value is -3.45. The lowest BCUT2D eigenvalue weighted by atomic mass is 9.96. The molecule has 4 aromatic rings. The van der Waals surface area contributed by atoms with Gasteiger partial charge in [0.05, 0.1) is 17.8 Å². The Bertz CT molecular complexity index is 1090. The summed E-state index contributed by atoms with van der Waals surface area (Å²) in [6, 6.07) is 17.6. The van der Waals surface area contributed by atoms with Crippen LogP contribution in [0.25, 0.3) is 22.2 Å². The van der Waals surface area contributed by atoms with Crippen LogP contribution in [-0.4, -0.2) is 32.0 Å². The highest BCUT2D eigenvalue weighted by atomic mass is 16.3. The van der Waals surface area contributed by atoms with Crippen molar-refractivity contribution in [2.45, 2.75) is 19.4 Å². The summed E-state index contributed by atoms with van der Waals surface area (Å²) >= 11 is 0. The second kappa shape index (κ2) is 7.66. The van der Waals surface area contributed by atoms with Crippen molar-refractivity contribution in [1.29, 1.82) is 0 Å². The van der Waals surface area contributed by atoms with Gasteiger partial charge in [0.15, 0.2) is 5.82 Å². The summed E-state index contributed by atoms with van der Waals surface area (Å²) in [6.07, 6.45) is 0. The van der Waals surface area contributed by atoms with Crippen molar-refractivity contribution in [2.75, 3.05) is 17.6 Å². The Kier molecular flexibility index (Phi) is 4.90. The van der Waals surface area contributed by atoms with Crippen molar-refractivity contribution in [2.24, 2.45) is 0 Å². The summed E-state index contributed by atoms with van der Waals surface area (Å²) in [5, 5.41) is 29.2. The normalized spacial score (nSPS) is 12.2. The molecular formula is C21H22N6O. The van der Waals surface area contributed by atoms with Gasteiger partial charge in [-0.1, -0.05) is 37.3 Å². The molecule has 5 N–H and O–H groups in total. The quantitative estimate of drug-likeness (QED) is 0.412. The number of anilines is 2. The van der Waals surface area contributed by atoms with Crippen LogP contribution in [0.4, 0.5) is 11.6 Å². The van der Waals surface area contributed by atoms with Crippen molar-refractivity contribution in [3.63, 3.8) is 0 Å². The molecule has 0 aliphatic heterocycles. The molecule has 0 aliphatic carbocycles. The molecular weight excluding hydrogens is 352 g/mol. The van der Waals surface area contributed by atoms with Crippen LogP contribution in [0.1, 0.15) is 24.0 Å². The summed E-state index contributed by atoms with van der Waals surface area (Å²) < 4.78 is 0. The van der Waals surface area contributed by atoms with Gasteiger partial charge in [0.1, 0.15) is 5.82 Å². The van der Waals surface area contributed by atoms with Crippen molar-refractivity contribution >= 4 is 22.5 Å². The number of aliphatic hydroxyl groups excluding tert-OH is 1. The van der Waals surface area contributed by atoms with E-state index in [0.29, 0.717) is 18.2 Å². The van der Waals surface area contributed by atoms with E-state index in [2.05, 4.69) is 32.6 Å². The minimum atomic E-state index is 0.0422. The number of nitrogens with two attached hydrogens (primary N) is 1. The van der Waals surface area contributed by atoms with Gasteiger partial charge in [-0.15, -0.1) is 10.2 Å². The third-order valence-corrected chi connectivity index (χ3v) is 4.90. The van der Waals surface area contributed by atoms with Gasteiger partial charge in [-0.05, 0) is 41.3 Å². The Labute approximate surface area is 162 Å². The fraction of sp³-hybridized carbons (Fsp3) is 0.190. The first-order chi connectivity index (χ1) is 13.7. The van der Waals surface area contributed by atoms with Crippen molar-refractivity contribution < 1.29 is 5.11 Å². The van der Waals surface area contributed by atoms with Crippen LogP contribution in [0, 0.1) is 0 Å². The van der Waals surface area contributed by atoms with Gasteiger partial charge in [-0.3, -0.25) is 5.10 Å². The third-order valence-electron chi connectivity index (χ3n) is 4.90. The lowest BCUT2D eigenvalue weighted by Gasteiger charge is -2.16. The lowest BCUT2D eigenvalue weighted by molar-refractivity contribution is 0.280. The monoisotopic (exact) mass is 374 g/mol.